The summed E-state index contributed by atoms with van der Waals surface area (Å²) in [5.41, 5.74) is 0. The van der Waals surface area contributed by atoms with Gasteiger partial charge in [-0.1, -0.05) is 22.4 Å². The molecule has 0 bridgehead atoms. The average molecular weight is 285 g/mol. The van der Waals surface area contributed by atoms with Crippen molar-refractivity contribution in [1.82, 2.24) is 0 Å². The van der Waals surface area contributed by atoms with E-state index >= 15 is 0 Å². The fourth-order valence-corrected chi connectivity index (χ4v) is 2.25. The highest BCUT2D eigenvalue weighted by Gasteiger charge is 2.27. The highest BCUT2D eigenvalue weighted by molar-refractivity contribution is 9.10. The van der Waals surface area contributed by atoms with Crippen LogP contribution in [0.25, 0.3) is 0 Å². The molecule has 16 heavy (non-hydrogen) atoms. The van der Waals surface area contributed by atoms with E-state index in [1.807, 2.05) is 24.3 Å². The first-order valence-electron chi connectivity index (χ1n) is 5.79. The van der Waals surface area contributed by atoms with E-state index in [9.17, 15) is 5.11 Å². The topological polar surface area (TPSA) is 29.5 Å². The molecule has 2 nitrogen and oxygen atoms in total. The van der Waals surface area contributed by atoms with Gasteiger partial charge in [0.25, 0.3) is 0 Å². The van der Waals surface area contributed by atoms with Crippen LogP contribution < -0.4 is 4.74 Å². The zero-order valence-corrected chi connectivity index (χ0v) is 10.8. The summed E-state index contributed by atoms with van der Waals surface area (Å²) in [6.07, 6.45) is 3.79. The molecular formula is C13H17BrO2. The molecule has 1 atom stereocenters. The maximum atomic E-state index is 9.30. The zero-order chi connectivity index (χ0) is 11.4. The third-order valence-corrected chi connectivity index (χ3v) is 3.86. The number of hydrogen-bond acceptors (Lipinski definition) is 2. The van der Waals surface area contributed by atoms with E-state index in [0.29, 0.717) is 18.4 Å². The Kier molecular flexibility index (Phi) is 4.24. The Morgan fingerprint density at radius 2 is 2.00 bits per heavy atom. The molecule has 0 aliphatic heterocycles. The zero-order valence-electron chi connectivity index (χ0n) is 9.23. The summed E-state index contributed by atoms with van der Waals surface area (Å²) >= 11 is 3.39. The standard InChI is InChI=1S/C13H17BrO2/c14-12-4-6-13(7-5-12)16-9-11(8-15)10-2-1-3-10/h4-7,10-11,15H,1-3,8-9H2. The molecule has 0 saturated heterocycles. The van der Waals surface area contributed by atoms with Crippen LogP contribution in [0.2, 0.25) is 0 Å². The van der Waals surface area contributed by atoms with Crippen LogP contribution in [0.1, 0.15) is 19.3 Å². The number of halogens is 1. The van der Waals surface area contributed by atoms with Crippen LogP contribution in [-0.4, -0.2) is 18.3 Å². The summed E-state index contributed by atoms with van der Waals surface area (Å²) in [6.45, 7) is 0.865. The third kappa shape index (κ3) is 2.98. The Morgan fingerprint density at radius 1 is 1.31 bits per heavy atom. The molecule has 0 amide bonds. The van der Waals surface area contributed by atoms with Crippen LogP contribution in [0.15, 0.2) is 28.7 Å². The summed E-state index contributed by atoms with van der Waals surface area (Å²) in [6, 6.07) is 7.82. The number of benzene rings is 1. The minimum atomic E-state index is 0.237. The van der Waals surface area contributed by atoms with Crippen molar-refractivity contribution in [3.63, 3.8) is 0 Å². The third-order valence-electron chi connectivity index (χ3n) is 3.33. The van der Waals surface area contributed by atoms with E-state index in [0.717, 1.165) is 10.2 Å². The number of rotatable bonds is 5. The van der Waals surface area contributed by atoms with E-state index in [4.69, 9.17) is 4.74 Å². The van der Waals surface area contributed by atoms with Crippen molar-refractivity contribution in [3.05, 3.63) is 28.7 Å². The maximum absolute atomic E-state index is 9.30. The maximum Gasteiger partial charge on any atom is 0.119 e. The molecule has 1 fully saturated rings. The van der Waals surface area contributed by atoms with Gasteiger partial charge in [0, 0.05) is 17.0 Å². The Labute approximate surface area is 105 Å². The van der Waals surface area contributed by atoms with Crippen LogP contribution in [-0.2, 0) is 0 Å². The first kappa shape index (κ1) is 11.9. The average Bonchev–Trinajstić information content (AvgIpc) is 2.23. The molecule has 1 saturated carbocycles. The summed E-state index contributed by atoms with van der Waals surface area (Å²) in [5, 5.41) is 9.30. The van der Waals surface area contributed by atoms with Crippen LogP contribution in [0.4, 0.5) is 0 Å². The van der Waals surface area contributed by atoms with Crippen LogP contribution in [0.3, 0.4) is 0 Å². The lowest BCUT2D eigenvalue weighted by Crippen LogP contribution is -2.29. The van der Waals surface area contributed by atoms with E-state index in [1.165, 1.54) is 19.3 Å². The molecule has 0 aromatic heterocycles. The van der Waals surface area contributed by atoms with E-state index in [1.54, 1.807) is 0 Å². The molecule has 88 valence electrons. The molecule has 1 aromatic rings. The second-order valence-corrected chi connectivity index (χ2v) is 5.31. The minimum Gasteiger partial charge on any atom is -0.493 e. The normalized spacial score (nSPS) is 17.9. The first-order valence-corrected chi connectivity index (χ1v) is 6.58. The molecule has 3 heteroatoms. The van der Waals surface area contributed by atoms with Gasteiger partial charge in [-0.25, -0.2) is 0 Å². The van der Waals surface area contributed by atoms with Gasteiger partial charge in [0.05, 0.1) is 6.61 Å². The lowest BCUT2D eigenvalue weighted by Gasteiger charge is -2.32. The molecule has 1 aliphatic carbocycles. The summed E-state index contributed by atoms with van der Waals surface area (Å²) in [5.74, 6) is 1.85. The van der Waals surface area contributed by atoms with Gasteiger partial charge in [0.1, 0.15) is 5.75 Å². The quantitative estimate of drug-likeness (QED) is 0.900. The van der Waals surface area contributed by atoms with Crippen LogP contribution in [0.5, 0.6) is 5.75 Å². The van der Waals surface area contributed by atoms with Gasteiger partial charge in [-0.3, -0.25) is 0 Å². The van der Waals surface area contributed by atoms with Crippen molar-refractivity contribution < 1.29 is 9.84 Å². The Balaban J connectivity index is 1.83. The molecule has 2 rings (SSSR count). The van der Waals surface area contributed by atoms with E-state index in [2.05, 4.69) is 15.9 Å². The van der Waals surface area contributed by atoms with Crippen molar-refractivity contribution in [2.75, 3.05) is 13.2 Å². The Bertz CT molecular complexity index is 319. The second kappa shape index (κ2) is 5.69. The smallest absolute Gasteiger partial charge is 0.119 e. The van der Waals surface area contributed by atoms with Crippen LogP contribution >= 0.6 is 15.9 Å². The first-order chi connectivity index (χ1) is 7.79. The highest BCUT2D eigenvalue weighted by Crippen LogP contribution is 2.33. The predicted molar refractivity (Wildman–Crippen MR) is 67.6 cm³/mol. The van der Waals surface area contributed by atoms with Crippen molar-refractivity contribution >= 4 is 15.9 Å². The fourth-order valence-electron chi connectivity index (χ4n) is 1.98. The van der Waals surface area contributed by atoms with E-state index in [-0.39, 0.29) is 6.61 Å². The molecule has 0 heterocycles. The lowest BCUT2D eigenvalue weighted by molar-refractivity contribution is 0.0796. The molecule has 0 spiro atoms. The van der Waals surface area contributed by atoms with E-state index < -0.39 is 0 Å². The molecule has 1 unspecified atom stereocenters. The summed E-state index contributed by atoms with van der Waals surface area (Å²) < 4.78 is 6.74. The SMILES string of the molecule is OCC(COc1ccc(Br)cc1)C1CCC1. The van der Waals surface area contributed by atoms with Gasteiger partial charge in [-0.05, 0) is 43.0 Å². The highest BCUT2D eigenvalue weighted by atomic mass is 79.9. The van der Waals surface area contributed by atoms with Gasteiger partial charge < -0.3 is 9.84 Å². The van der Waals surface area contributed by atoms with Gasteiger partial charge in [0.2, 0.25) is 0 Å². The summed E-state index contributed by atoms with van der Waals surface area (Å²) in [7, 11) is 0. The van der Waals surface area contributed by atoms with Crippen molar-refractivity contribution in [2.24, 2.45) is 11.8 Å². The van der Waals surface area contributed by atoms with Gasteiger partial charge in [-0.2, -0.15) is 0 Å². The second-order valence-electron chi connectivity index (χ2n) is 4.40. The molecule has 0 radical (unpaired) electrons. The fraction of sp³-hybridized carbons (Fsp3) is 0.538. The van der Waals surface area contributed by atoms with Gasteiger partial charge in [0.15, 0.2) is 0 Å². The largest absolute Gasteiger partial charge is 0.493 e. The number of aliphatic hydroxyl groups is 1. The Morgan fingerprint density at radius 3 is 2.50 bits per heavy atom. The van der Waals surface area contributed by atoms with Crippen molar-refractivity contribution in [3.8, 4) is 5.75 Å². The molecule has 1 aliphatic rings. The van der Waals surface area contributed by atoms with Crippen molar-refractivity contribution in [2.45, 2.75) is 19.3 Å². The number of ether oxygens (including phenoxy) is 1. The predicted octanol–water partition coefficient (Wildman–Crippen LogP) is 3.24. The summed E-state index contributed by atoms with van der Waals surface area (Å²) in [4.78, 5) is 0. The monoisotopic (exact) mass is 284 g/mol. The molecule has 1 aromatic carbocycles. The van der Waals surface area contributed by atoms with Gasteiger partial charge in [-0.15, -0.1) is 0 Å². The minimum absolute atomic E-state index is 0.237. The molecular weight excluding hydrogens is 268 g/mol. The van der Waals surface area contributed by atoms with Crippen molar-refractivity contribution in [1.29, 1.82) is 0 Å². The molecule has 1 N–H and O–H groups in total. The van der Waals surface area contributed by atoms with Gasteiger partial charge >= 0.3 is 0 Å². The Hall–Kier alpha value is -0.540. The number of hydrogen-bond donors (Lipinski definition) is 1. The van der Waals surface area contributed by atoms with Crippen LogP contribution in [0, 0.1) is 11.8 Å². The number of aliphatic hydroxyl groups excluding tert-OH is 1. The lowest BCUT2D eigenvalue weighted by atomic mass is 9.76.